The molecule has 1 saturated carbocycles. The molecule has 2 aliphatic rings. The van der Waals surface area contributed by atoms with Crippen LogP contribution in [0, 0.1) is 5.92 Å². The topological polar surface area (TPSA) is 6.48 Å². The standard InChI is InChI=1S/C18H19ClN2S/c1-20(2)11-12-9-15(12)21-14-5-3-4-6-17(14)22-18-8-7-13(19)10-16(18)21/h3-8,10,12,15H,9,11H2,1-2H3/t12-,15?/m0/s1. The quantitative estimate of drug-likeness (QED) is 0.791. The molecule has 4 heteroatoms. The van der Waals surface area contributed by atoms with Gasteiger partial charge in [0.2, 0.25) is 0 Å². The smallest absolute Gasteiger partial charge is 0.0570 e. The van der Waals surface area contributed by atoms with Crippen LogP contribution < -0.4 is 4.90 Å². The molecule has 0 spiro atoms. The van der Waals surface area contributed by atoms with Crippen molar-refractivity contribution in [1.82, 2.24) is 4.90 Å². The SMILES string of the molecule is CN(C)C[C@@H]1CC1N1c2ccccc2Sc2ccc(Cl)cc21. The summed E-state index contributed by atoms with van der Waals surface area (Å²) in [7, 11) is 4.31. The highest BCUT2D eigenvalue weighted by molar-refractivity contribution is 7.99. The molecular weight excluding hydrogens is 312 g/mol. The van der Waals surface area contributed by atoms with Crippen molar-refractivity contribution in [3.05, 3.63) is 47.5 Å². The Balaban J connectivity index is 1.75. The van der Waals surface area contributed by atoms with Crippen LogP contribution in [-0.2, 0) is 0 Å². The van der Waals surface area contributed by atoms with Crippen molar-refractivity contribution in [2.75, 3.05) is 25.5 Å². The van der Waals surface area contributed by atoms with Crippen molar-refractivity contribution < 1.29 is 0 Å². The molecule has 0 radical (unpaired) electrons. The molecule has 0 aromatic heterocycles. The number of halogens is 1. The Hall–Kier alpha value is -1.16. The van der Waals surface area contributed by atoms with Crippen LogP contribution in [0.5, 0.6) is 0 Å². The number of para-hydroxylation sites is 1. The first-order chi connectivity index (χ1) is 10.6. The van der Waals surface area contributed by atoms with Gasteiger partial charge in [-0.3, -0.25) is 0 Å². The second-order valence-electron chi connectivity index (χ2n) is 6.38. The maximum atomic E-state index is 6.27. The minimum Gasteiger partial charge on any atom is -0.336 e. The van der Waals surface area contributed by atoms with Gasteiger partial charge in [0.25, 0.3) is 0 Å². The van der Waals surface area contributed by atoms with E-state index in [1.54, 1.807) is 0 Å². The predicted octanol–water partition coefficient (Wildman–Crippen LogP) is 4.89. The summed E-state index contributed by atoms with van der Waals surface area (Å²) >= 11 is 8.12. The third-order valence-electron chi connectivity index (χ3n) is 4.34. The van der Waals surface area contributed by atoms with Gasteiger partial charge in [-0.15, -0.1) is 0 Å². The van der Waals surface area contributed by atoms with Crippen LogP contribution in [0.2, 0.25) is 5.02 Å². The maximum absolute atomic E-state index is 6.27. The van der Waals surface area contributed by atoms with Crippen LogP contribution in [0.1, 0.15) is 6.42 Å². The van der Waals surface area contributed by atoms with E-state index in [-0.39, 0.29) is 0 Å². The summed E-state index contributed by atoms with van der Waals surface area (Å²) in [6.07, 6.45) is 1.25. The lowest BCUT2D eigenvalue weighted by molar-refractivity contribution is 0.385. The average Bonchev–Trinajstić information content (AvgIpc) is 3.22. The molecule has 1 fully saturated rings. The highest BCUT2D eigenvalue weighted by Gasteiger charge is 2.44. The lowest BCUT2D eigenvalue weighted by Crippen LogP contribution is -2.27. The van der Waals surface area contributed by atoms with Crippen molar-refractivity contribution in [2.45, 2.75) is 22.3 Å². The van der Waals surface area contributed by atoms with Crippen molar-refractivity contribution >= 4 is 34.7 Å². The van der Waals surface area contributed by atoms with E-state index in [1.807, 2.05) is 17.8 Å². The van der Waals surface area contributed by atoms with Gasteiger partial charge in [-0.25, -0.2) is 0 Å². The van der Waals surface area contributed by atoms with Gasteiger partial charge in [-0.2, -0.15) is 0 Å². The van der Waals surface area contributed by atoms with Gasteiger partial charge in [-0.05, 0) is 56.8 Å². The fourth-order valence-electron chi connectivity index (χ4n) is 3.33. The van der Waals surface area contributed by atoms with Crippen LogP contribution in [0.25, 0.3) is 0 Å². The zero-order valence-electron chi connectivity index (χ0n) is 12.8. The molecule has 0 N–H and O–H groups in total. The molecule has 1 heterocycles. The van der Waals surface area contributed by atoms with Gasteiger partial charge in [0, 0.05) is 27.4 Å². The summed E-state index contributed by atoms with van der Waals surface area (Å²) in [6, 6.07) is 15.5. The van der Waals surface area contributed by atoms with E-state index in [2.05, 4.69) is 60.3 Å². The normalized spacial score (nSPS) is 22.5. The monoisotopic (exact) mass is 330 g/mol. The zero-order chi connectivity index (χ0) is 15.3. The van der Waals surface area contributed by atoms with Gasteiger partial charge in [0.1, 0.15) is 0 Å². The molecule has 2 atom stereocenters. The fraction of sp³-hybridized carbons (Fsp3) is 0.333. The number of anilines is 2. The molecular formula is C18H19ClN2S. The first-order valence-corrected chi connectivity index (χ1v) is 8.83. The Morgan fingerprint density at radius 1 is 1.14 bits per heavy atom. The van der Waals surface area contributed by atoms with Gasteiger partial charge >= 0.3 is 0 Å². The number of benzene rings is 2. The molecule has 0 amide bonds. The van der Waals surface area contributed by atoms with Crippen LogP contribution >= 0.6 is 23.4 Å². The first-order valence-electron chi connectivity index (χ1n) is 7.64. The fourth-order valence-corrected chi connectivity index (χ4v) is 4.54. The summed E-state index contributed by atoms with van der Waals surface area (Å²) in [5, 5.41) is 0.813. The highest BCUT2D eigenvalue weighted by atomic mass is 35.5. The van der Waals surface area contributed by atoms with Crippen molar-refractivity contribution in [1.29, 1.82) is 0 Å². The van der Waals surface area contributed by atoms with E-state index in [0.29, 0.717) is 6.04 Å². The lowest BCUT2D eigenvalue weighted by atomic mass is 10.2. The molecule has 114 valence electrons. The number of rotatable bonds is 3. The Morgan fingerprint density at radius 3 is 2.73 bits per heavy atom. The van der Waals surface area contributed by atoms with E-state index in [4.69, 9.17) is 11.6 Å². The molecule has 1 aliphatic carbocycles. The van der Waals surface area contributed by atoms with Crippen LogP contribution in [-0.4, -0.2) is 31.6 Å². The third-order valence-corrected chi connectivity index (χ3v) is 5.71. The van der Waals surface area contributed by atoms with Crippen LogP contribution in [0.3, 0.4) is 0 Å². The van der Waals surface area contributed by atoms with Gasteiger partial charge in [-0.1, -0.05) is 35.5 Å². The van der Waals surface area contributed by atoms with Crippen LogP contribution in [0.4, 0.5) is 11.4 Å². The highest BCUT2D eigenvalue weighted by Crippen LogP contribution is 2.54. The Kier molecular flexibility index (Phi) is 3.60. The molecule has 4 rings (SSSR count). The van der Waals surface area contributed by atoms with Crippen LogP contribution in [0.15, 0.2) is 52.3 Å². The molecule has 2 nitrogen and oxygen atoms in total. The van der Waals surface area contributed by atoms with Gasteiger partial charge < -0.3 is 9.80 Å². The minimum atomic E-state index is 0.585. The number of hydrogen-bond acceptors (Lipinski definition) is 3. The number of nitrogens with zero attached hydrogens (tertiary/aromatic N) is 2. The van der Waals surface area contributed by atoms with E-state index in [9.17, 15) is 0 Å². The largest absolute Gasteiger partial charge is 0.336 e. The molecule has 1 aliphatic heterocycles. The predicted molar refractivity (Wildman–Crippen MR) is 94.6 cm³/mol. The summed E-state index contributed by atoms with van der Waals surface area (Å²) in [4.78, 5) is 7.45. The van der Waals surface area contributed by atoms with Crippen molar-refractivity contribution in [3.63, 3.8) is 0 Å². The number of fused-ring (bicyclic) bond motifs is 2. The average molecular weight is 331 g/mol. The molecule has 1 unspecified atom stereocenters. The second kappa shape index (κ2) is 5.48. The Labute approximate surface area is 141 Å². The third kappa shape index (κ3) is 2.51. The lowest BCUT2D eigenvalue weighted by Gasteiger charge is -2.33. The summed E-state index contributed by atoms with van der Waals surface area (Å²) in [6.45, 7) is 1.15. The van der Waals surface area contributed by atoms with E-state index >= 15 is 0 Å². The van der Waals surface area contributed by atoms with E-state index in [1.165, 1.54) is 27.6 Å². The van der Waals surface area contributed by atoms with Gasteiger partial charge in [0.15, 0.2) is 0 Å². The first kappa shape index (κ1) is 14.4. The Bertz CT molecular complexity index is 716. The van der Waals surface area contributed by atoms with E-state index in [0.717, 1.165) is 17.5 Å². The Morgan fingerprint density at radius 2 is 1.91 bits per heavy atom. The molecule has 22 heavy (non-hydrogen) atoms. The minimum absolute atomic E-state index is 0.585. The summed E-state index contributed by atoms with van der Waals surface area (Å²) < 4.78 is 0. The molecule has 0 saturated heterocycles. The molecule has 0 bridgehead atoms. The summed E-state index contributed by atoms with van der Waals surface area (Å²) in [5.41, 5.74) is 2.59. The van der Waals surface area contributed by atoms with Gasteiger partial charge in [0.05, 0.1) is 11.4 Å². The van der Waals surface area contributed by atoms with Crippen molar-refractivity contribution in [3.8, 4) is 0 Å². The maximum Gasteiger partial charge on any atom is 0.0570 e. The van der Waals surface area contributed by atoms with E-state index < -0.39 is 0 Å². The second-order valence-corrected chi connectivity index (χ2v) is 7.90. The molecule has 2 aromatic carbocycles. The number of hydrogen-bond donors (Lipinski definition) is 0. The molecule has 2 aromatic rings. The summed E-state index contributed by atoms with van der Waals surface area (Å²) in [5.74, 6) is 0.734. The zero-order valence-corrected chi connectivity index (χ0v) is 14.4. The van der Waals surface area contributed by atoms with Crippen molar-refractivity contribution in [2.24, 2.45) is 5.92 Å².